The van der Waals surface area contributed by atoms with Crippen LogP contribution in [0.2, 0.25) is 0 Å². The van der Waals surface area contributed by atoms with Crippen LogP contribution in [0.3, 0.4) is 0 Å². The van der Waals surface area contributed by atoms with Crippen molar-refractivity contribution >= 4 is 23.6 Å². The van der Waals surface area contributed by atoms with E-state index in [2.05, 4.69) is 0 Å². The van der Waals surface area contributed by atoms with Gasteiger partial charge in [0.2, 0.25) is 11.8 Å². The summed E-state index contributed by atoms with van der Waals surface area (Å²) >= 11 is 0. The second kappa shape index (κ2) is 16.0. The highest BCUT2D eigenvalue weighted by atomic mass is 16.3. The summed E-state index contributed by atoms with van der Waals surface area (Å²) in [5, 5.41) is 23.3. The zero-order chi connectivity index (χ0) is 39.1. The van der Waals surface area contributed by atoms with Gasteiger partial charge in [0.1, 0.15) is 11.1 Å². The van der Waals surface area contributed by atoms with E-state index in [9.17, 15) is 29.4 Å². The third-order valence-corrected chi connectivity index (χ3v) is 13.2. The van der Waals surface area contributed by atoms with Gasteiger partial charge in [-0.1, -0.05) is 77.0 Å². The lowest BCUT2D eigenvalue weighted by molar-refractivity contribution is 0.270. The Labute approximate surface area is 327 Å². The van der Waals surface area contributed by atoms with Crippen molar-refractivity contribution in [1.82, 2.24) is 18.3 Å². The fourth-order valence-electron chi connectivity index (χ4n) is 10.1. The molecular weight excluding hydrogens is 709 g/mol. The van der Waals surface area contributed by atoms with Gasteiger partial charge >= 0.3 is 11.4 Å². The Kier molecular flexibility index (Phi) is 10.9. The van der Waals surface area contributed by atoms with Crippen molar-refractivity contribution in [3.63, 3.8) is 0 Å². The van der Waals surface area contributed by atoms with Crippen LogP contribution in [0.5, 0.6) is 11.8 Å². The third kappa shape index (κ3) is 7.08. The third-order valence-electron chi connectivity index (χ3n) is 13.2. The molecule has 2 aliphatic heterocycles. The molecule has 12 heteroatoms. The lowest BCUT2D eigenvalue weighted by Gasteiger charge is -2.29. The van der Waals surface area contributed by atoms with Gasteiger partial charge in [-0.25, -0.2) is 19.6 Å². The maximum atomic E-state index is 14.1. The standard InChI is InChI=1S/C44H56N6O6/c1-27-23-37(45-35(27)25-33-39(51)47(29-15-7-3-8-16-29)43(55)48(40(33)52)30-17-9-4-10-18-30)38-24-28(2)36(46-38)26-34-41(53)49(31-19-11-5-12-20-31)44(56)50(42(34)54)32-21-13-6-14-22-32/h23-26,29-32,51,53H,3-22H2,1-2H3/b35-25-,36-26-. The van der Waals surface area contributed by atoms with Gasteiger partial charge in [0, 0.05) is 24.2 Å². The molecule has 4 fully saturated rings. The monoisotopic (exact) mass is 764 g/mol. The smallest absolute Gasteiger partial charge is 0.334 e. The van der Waals surface area contributed by atoms with Crippen LogP contribution in [0.15, 0.2) is 63.9 Å². The molecule has 4 heterocycles. The maximum absolute atomic E-state index is 14.1. The van der Waals surface area contributed by atoms with E-state index >= 15 is 0 Å². The lowest BCUT2D eigenvalue weighted by atomic mass is 9.94. The number of hydrogen-bond acceptors (Lipinski definition) is 8. The Morgan fingerprint density at radius 2 is 0.768 bits per heavy atom. The van der Waals surface area contributed by atoms with Gasteiger partial charge in [0.05, 0.1) is 22.8 Å². The number of aliphatic imine (C=N–C) groups is 2. The number of nitrogens with zero attached hydrogens (tertiary/aromatic N) is 6. The molecule has 4 aliphatic carbocycles. The van der Waals surface area contributed by atoms with Crippen molar-refractivity contribution in [1.29, 1.82) is 0 Å². The van der Waals surface area contributed by atoms with Crippen LogP contribution in [0, 0.1) is 0 Å². The van der Waals surface area contributed by atoms with Gasteiger partial charge < -0.3 is 10.2 Å². The molecule has 0 unspecified atom stereocenters. The Balaban J connectivity index is 1.18. The van der Waals surface area contributed by atoms with Gasteiger partial charge in [-0.05, 0) is 101 Å². The van der Waals surface area contributed by atoms with E-state index in [4.69, 9.17) is 9.98 Å². The summed E-state index contributed by atoms with van der Waals surface area (Å²) < 4.78 is 5.74. The van der Waals surface area contributed by atoms with E-state index in [1.54, 1.807) is 12.2 Å². The summed E-state index contributed by atoms with van der Waals surface area (Å²) in [5.74, 6) is -0.592. The molecule has 56 heavy (non-hydrogen) atoms. The van der Waals surface area contributed by atoms with E-state index in [0.717, 1.165) is 140 Å². The van der Waals surface area contributed by atoms with E-state index in [0.29, 0.717) is 22.8 Å². The van der Waals surface area contributed by atoms with Crippen LogP contribution < -0.4 is 22.5 Å². The number of rotatable bonds is 7. The van der Waals surface area contributed by atoms with Crippen LogP contribution in [-0.2, 0) is 0 Å². The minimum atomic E-state index is -0.483. The number of aromatic nitrogens is 4. The van der Waals surface area contributed by atoms with Gasteiger partial charge in [0.25, 0.3) is 11.1 Å². The molecule has 0 saturated heterocycles. The summed E-state index contributed by atoms with van der Waals surface area (Å²) in [7, 11) is 0. The molecule has 298 valence electrons. The average molecular weight is 765 g/mol. The first-order valence-electron chi connectivity index (χ1n) is 21.3. The average Bonchev–Trinajstić information content (AvgIpc) is 3.77. The Morgan fingerprint density at radius 1 is 0.482 bits per heavy atom. The normalized spacial score (nSPS) is 23.5. The van der Waals surface area contributed by atoms with Crippen molar-refractivity contribution in [3.8, 4) is 11.8 Å². The van der Waals surface area contributed by atoms with E-state index in [1.807, 2.05) is 26.0 Å². The minimum absolute atomic E-state index is 0.0759. The SMILES string of the molecule is CC1=CC(C2=N/C(=C\c3c(O)n(C4CCCCC4)c(=O)n(C4CCCCC4)c3=O)C(C)=C2)=N/C1=C\c1c(O)n(C2CCCCC2)c(=O)n(C2CCCCC2)c1=O. The van der Waals surface area contributed by atoms with Crippen molar-refractivity contribution in [3.05, 3.63) is 87.5 Å². The van der Waals surface area contributed by atoms with Crippen molar-refractivity contribution in [2.75, 3.05) is 0 Å². The van der Waals surface area contributed by atoms with Crippen LogP contribution in [0.1, 0.15) is 178 Å². The van der Waals surface area contributed by atoms with E-state index < -0.39 is 22.5 Å². The van der Waals surface area contributed by atoms with Crippen LogP contribution >= 0.6 is 0 Å². The van der Waals surface area contributed by atoms with Crippen LogP contribution in [0.4, 0.5) is 0 Å². The van der Waals surface area contributed by atoms with Gasteiger partial charge in [-0.3, -0.25) is 27.9 Å². The first kappa shape index (κ1) is 38.1. The fourth-order valence-corrected chi connectivity index (χ4v) is 10.1. The summed E-state index contributed by atoms with van der Waals surface area (Å²) in [6.45, 7) is 3.78. The van der Waals surface area contributed by atoms with Crippen molar-refractivity contribution < 1.29 is 10.2 Å². The molecule has 0 spiro atoms. The zero-order valence-corrected chi connectivity index (χ0v) is 33.0. The molecule has 8 rings (SSSR count). The lowest BCUT2D eigenvalue weighted by Crippen LogP contribution is -2.45. The second-order valence-electron chi connectivity index (χ2n) is 17.0. The topological polar surface area (TPSA) is 153 Å². The van der Waals surface area contributed by atoms with Crippen LogP contribution in [-0.4, -0.2) is 39.9 Å². The molecule has 6 aliphatic rings. The molecule has 2 aromatic heterocycles. The summed E-state index contributed by atoms with van der Waals surface area (Å²) in [4.78, 5) is 66.0. The molecule has 4 saturated carbocycles. The molecule has 0 bridgehead atoms. The van der Waals surface area contributed by atoms with E-state index in [-0.39, 0.29) is 47.1 Å². The molecular formula is C44H56N6O6. The Morgan fingerprint density at radius 3 is 1.07 bits per heavy atom. The minimum Gasteiger partial charge on any atom is -0.494 e. The molecule has 0 atom stereocenters. The molecule has 0 radical (unpaired) electrons. The first-order valence-corrected chi connectivity index (χ1v) is 21.3. The highest BCUT2D eigenvalue weighted by Gasteiger charge is 2.31. The summed E-state index contributed by atoms with van der Waals surface area (Å²) in [6.07, 6.45) is 25.2. The molecule has 0 amide bonds. The quantitative estimate of drug-likeness (QED) is 0.292. The largest absolute Gasteiger partial charge is 0.494 e. The van der Waals surface area contributed by atoms with Gasteiger partial charge in [-0.2, -0.15) is 0 Å². The molecule has 2 N–H and O–H groups in total. The number of hydrogen-bond donors (Lipinski definition) is 2. The van der Waals surface area contributed by atoms with Crippen molar-refractivity contribution in [2.24, 2.45) is 9.98 Å². The number of aromatic hydroxyl groups is 2. The highest BCUT2D eigenvalue weighted by Crippen LogP contribution is 2.36. The number of allylic oxidation sites excluding steroid dienone is 4. The van der Waals surface area contributed by atoms with E-state index in [1.165, 1.54) is 18.3 Å². The predicted octanol–water partition coefficient (Wildman–Crippen LogP) is 7.95. The summed E-state index contributed by atoms with van der Waals surface area (Å²) in [5.41, 5.74) is 2.01. The Bertz CT molecular complexity index is 2160. The fraction of sp³-hybridized carbons (Fsp3) is 0.591. The first-order chi connectivity index (χ1) is 27.1. The molecule has 2 aromatic rings. The highest BCUT2D eigenvalue weighted by molar-refractivity contribution is 6.52. The maximum Gasteiger partial charge on any atom is 0.334 e. The van der Waals surface area contributed by atoms with Crippen LogP contribution in [0.25, 0.3) is 12.2 Å². The molecule has 0 aromatic carbocycles. The van der Waals surface area contributed by atoms with Crippen molar-refractivity contribution in [2.45, 2.75) is 166 Å². The van der Waals surface area contributed by atoms with Gasteiger partial charge in [0.15, 0.2) is 0 Å². The summed E-state index contributed by atoms with van der Waals surface area (Å²) in [6, 6.07) is -0.727. The Hall–Kier alpha value is -4.74. The second-order valence-corrected chi connectivity index (χ2v) is 17.0. The predicted molar refractivity (Wildman–Crippen MR) is 220 cm³/mol. The zero-order valence-electron chi connectivity index (χ0n) is 33.0. The molecule has 12 nitrogen and oxygen atoms in total. The van der Waals surface area contributed by atoms with Gasteiger partial charge in [-0.15, -0.1) is 0 Å².